The largest absolute Gasteiger partial charge is 0.155 e. The van der Waals surface area contributed by atoms with Gasteiger partial charge in [0.05, 0.1) is 0 Å². The second-order valence-electron chi connectivity index (χ2n) is 6.54. The lowest BCUT2D eigenvalue weighted by Crippen LogP contribution is -2.03. The Morgan fingerprint density at radius 1 is 0.870 bits per heavy atom. The van der Waals surface area contributed by atoms with Crippen molar-refractivity contribution in [2.24, 2.45) is 0 Å². The summed E-state index contributed by atoms with van der Waals surface area (Å²) >= 11 is 2.02. The first-order valence-corrected chi connectivity index (χ1v) is 11.8. The summed E-state index contributed by atoms with van der Waals surface area (Å²) in [7, 11) is 0.534. The lowest BCUT2D eigenvalue weighted by molar-refractivity contribution is 0.659. The van der Waals surface area contributed by atoms with Crippen molar-refractivity contribution >= 4 is 33.4 Å². The van der Waals surface area contributed by atoms with E-state index in [2.05, 4.69) is 43.3 Å². The molecule has 1 aliphatic rings. The van der Waals surface area contributed by atoms with Gasteiger partial charge in [-0.1, -0.05) is 38.7 Å². The van der Waals surface area contributed by atoms with Crippen LogP contribution in [0.2, 0.25) is 0 Å². The predicted molar refractivity (Wildman–Crippen MR) is 108 cm³/mol. The molecule has 0 aliphatic carbocycles. The molecule has 2 aromatic carbocycles. The van der Waals surface area contributed by atoms with Crippen LogP contribution in [0.4, 0.5) is 0 Å². The third-order valence-electron chi connectivity index (χ3n) is 4.66. The Balaban J connectivity index is 1.57. The smallest absolute Gasteiger partial charge is 0.126 e. The summed E-state index contributed by atoms with van der Waals surface area (Å²) in [4.78, 5) is 3.02. The Bertz CT molecular complexity index is 614. The highest BCUT2D eigenvalue weighted by Crippen LogP contribution is 2.29. The molecule has 1 aliphatic heterocycles. The highest BCUT2D eigenvalue weighted by Gasteiger charge is 2.26. The van der Waals surface area contributed by atoms with E-state index in [-0.39, 0.29) is 0 Å². The molecule has 0 bridgehead atoms. The molecule has 1 saturated heterocycles. The summed E-state index contributed by atoms with van der Waals surface area (Å²) < 4.78 is 0. The van der Waals surface area contributed by atoms with Crippen molar-refractivity contribution in [1.82, 2.24) is 0 Å². The van der Waals surface area contributed by atoms with E-state index in [1.165, 1.54) is 77.9 Å². The lowest BCUT2D eigenvalue weighted by Gasteiger charge is -2.06. The van der Waals surface area contributed by atoms with Crippen LogP contribution in [0.25, 0.3) is 10.8 Å². The van der Waals surface area contributed by atoms with Crippen LogP contribution in [0.15, 0.2) is 46.2 Å². The van der Waals surface area contributed by atoms with E-state index < -0.39 is 0 Å². The Hall–Kier alpha value is -0.600. The fourth-order valence-electron chi connectivity index (χ4n) is 3.26. The van der Waals surface area contributed by atoms with E-state index in [1.54, 1.807) is 4.90 Å². The summed E-state index contributed by atoms with van der Waals surface area (Å²) in [5.74, 6) is 4.09. The normalized spacial score (nSPS) is 15.5. The van der Waals surface area contributed by atoms with Crippen molar-refractivity contribution in [1.29, 1.82) is 0 Å². The number of hydrogen-bond acceptors (Lipinski definition) is 1. The molecule has 0 atom stereocenters. The van der Waals surface area contributed by atoms with Crippen molar-refractivity contribution in [3.05, 3.63) is 36.4 Å². The van der Waals surface area contributed by atoms with E-state index in [0.29, 0.717) is 10.9 Å². The minimum Gasteiger partial charge on any atom is -0.126 e. The minimum atomic E-state index is 0.534. The monoisotopic (exact) mass is 345 g/mol. The zero-order valence-electron chi connectivity index (χ0n) is 14.4. The van der Waals surface area contributed by atoms with Crippen molar-refractivity contribution in [2.45, 2.75) is 61.7 Å². The maximum absolute atomic E-state index is 2.45. The molecule has 0 amide bonds. The molecule has 1 heterocycles. The number of rotatable bonds is 8. The molecule has 0 unspecified atom stereocenters. The van der Waals surface area contributed by atoms with Crippen LogP contribution < -0.4 is 0 Å². The van der Waals surface area contributed by atoms with Gasteiger partial charge in [-0.25, -0.2) is 0 Å². The summed E-state index contributed by atoms with van der Waals surface area (Å²) in [6.45, 7) is 2.28. The molecule has 0 saturated carbocycles. The fraction of sp³-hybridized carbons (Fsp3) is 0.524. The topological polar surface area (TPSA) is 0 Å². The van der Waals surface area contributed by atoms with E-state index in [4.69, 9.17) is 0 Å². The second-order valence-corrected chi connectivity index (χ2v) is 9.98. The minimum absolute atomic E-state index is 0.534. The zero-order chi connectivity index (χ0) is 15.9. The third kappa shape index (κ3) is 4.93. The van der Waals surface area contributed by atoms with Gasteiger partial charge in [0.15, 0.2) is 4.90 Å². The molecule has 0 N–H and O–H groups in total. The number of unbranched alkanes of at least 4 members (excludes halogenated alkanes) is 4. The molecular formula is C21H29S2+. The maximum Gasteiger partial charge on any atom is 0.155 e. The molecule has 1 fully saturated rings. The van der Waals surface area contributed by atoms with Gasteiger partial charge in [-0.15, -0.1) is 11.8 Å². The predicted octanol–water partition coefficient (Wildman–Crippen LogP) is 6.67. The molecular weight excluding hydrogens is 316 g/mol. The van der Waals surface area contributed by atoms with Crippen LogP contribution in [-0.4, -0.2) is 17.3 Å². The number of thioether (sulfide) groups is 1. The SMILES string of the molecule is CCCCCCCSc1ccc2cc([S+]3CCCC3)ccc2c1. The summed E-state index contributed by atoms with van der Waals surface area (Å²) in [6, 6.07) is 14.2. The van der Waals surface area contributed by atoms with Crippen LogP contribution in [0.5, 0.6) is 0 Å². The first-order valence-electron chi connectivity index (χ1n) is 9.21. The zero-order valence-corrected chi connectivity index (χ0v) is 16.0. The van der Waals surface area contributed by atoms with E-state index >= 15 is 0 Å². The molecule has 23 heavy (non-hydrogen) atoms. The lowest BCUT2D eigenvalue weighted by atomic mass is 10.1. The van der Waals surface area contributed by atoms with Crippen molar-refractivity contribution < 1.29 is 0 Å². The van der Waals surface area contributed by atoms with E-state index in [0.717, 1.165) is 0 Å². The fourth-order valence-corrected chi connectivity index (χ4v) is 6.55. The Morgan fingerprint density at radius 2 is 1.61 bits per heavy atom. The van der Waals surface area contributed by atoms with Gasteiger partial charge in [0.2, 0.25) is 0 Å². The summed E-state index contributed by atoms with van der Waals surface area (Å²) in [5, 5.41) is 2.83. The molecule has 0 radical (unpaired) electrons. The van der Waals surface area contributed by atoms with Gasteiger partial charge in [0.1, 0.15) is 11.5 Å². The van der Waals surface area contributed by atoms with E-state index in [9.17, 15) is 0 Å². The molecule has 0 aromatic heterocycles. The van der Waals surface area contributed by atoms with Gasteiger partial charge in [-0.2, -0.15) is 0 Å². The van der Waals surface area contributed by atoms with Crippen molar-refractivity contribution in [2.75, 3.05) is 17.3 Å². The first-order chi connectivity index (χ1) is 11.4. The van der Waals surface area contributed by atoms with Crippen molar-refractivity contribution in [3.8, 4) is 0 Å². The molecule has 0 nitrogen and oxygen atoms in total. The van der Waals surface area contributed by atoms with Gasteiger partial charge in [0, 0.05) is 21.9 Å². The average molecular weight is 346 g/mol. The Morgan fingerprint density at radius 3 is 2.43 bits per heavy atom. The Kier molecular flexibility index (Phi) is 6.77. The molecule has 3 rings (SSSR count). The van der Waals surface area contributed by atoms with Gasteiger partial charge in [-0.05, 0) is 60.1 Å². The van der Waals surface area contributed by atoms with Gasteiger partial charge < -0.3 is 0 Å². The summed E-state index contributed by atoms with van der Waals surface area (Å²) in [5.41, 5.74) is 0. The highest BCUT2D eigenvalue weighted by atomic mass is 32.2. The third-order valence-corrected chi connectivity index (χ3v) is 8.23. The second kappa shape index (κ2) is 9.03. The van der Waals surface area contributed by atoms with Gasteiger partial charge >= 0.3 is 0 Å². The van der Waals surface area contributed by atoms with Crippen molar-refractivity contribution in [3.63, 3.8) is 0 Å². The van der Waals surface area contributed by atoms with E-state index in [1.807, 2.05) is 11.8 Å². The highest BCUT2D eigenvalue weighted by molar-refractivity contribution is 7.99. The number of fused-ring (bicyclic) bond motifs is 1. The molecule has 2 aromatic rings. The standard InChI is InChI=1S/C21H29S2/c1-2-3-4-5-6-13-22-20-11-9-19-17-21(12-10-18(19)16-20)23-14-7-8-15-23/h9-12,16-17H,2-8,13-15H2,1H3/q+1. The molecule has 0 spiro atoms. The van der Waals surface area contributed by atoms with Gasteiger partial charge in [-0.3, -0.25) is 0 Å². The quantitative estimate of drug-likeness (QED) is 0.292. The van der Waals surface area contributed by atoms with Crippen LogP contribution in [0.1, 0.15) is 51.9 Å². The average Bonchev–Trinajstić information content (AvgIpc) is 3.12. The molecule has 124 valence electrons. The first kappa shape index (κ1) is 17.2. The van der Waals surface area contributed by atoms with Crippen LogP contribution in [0.3, 0.4) is 0 Å². The van der Waals surface area contributed by atoms with Crippen LogP contribution >= 0.6 is 11.8 Å². The number of benzene rings is 2. The Labute approximate surface area is 148 Å². The summed E-state index contributed by atoms with van der Waals surface area (Å²) in [6.07, 6.45) is 9.72. The van der Waals surface area contributed by atoms with Crippen LogP contribution in [0, 0.1) is 0 Å². The van der Waals surface area contributed by atoms with Gasteiger partial charge in [0.25, 0.3) is 0 Å². The molecule has 2 heteroatoms. The number of hydrogen-bond donors (Lipinski definition) is 0. The maximum atomic E-state index is 2.45. The van der Waals surface area contributed by atoms with Crippen LogP contribution in [-0.2, 0) is 10.9 Å².